The molecule has 0 saturated carbocycles. The third-order valence-electron chi connectivity index (χ3n) is 3.57. The molecular weight excluding hydrogens is 348 g/mol. The standard InChI is InChI=1S/C20H22N2O3S/c1-4-5-6-10-20(23)21-17-12-11-16(3)19(14-17)26(24,25)22-18-9-7-8-15(2)13-18/h4-14,22H,1-3H3,(H,21,23). The van der Waals surface area contributed by atoms with E-state index in [1.807, 2.05) is 19.9 Å². The van der Waals surface area contributed by atoms with Crippen molar-refractivity contribution in [1.82, 2.24) is 0 Å². The van der Waals surface area contributed by atoms with Gasteiger partial charge in [0.2, 0.25) is 5.91 Å². The van der Waals surface area contributed by atoms with Crippen LogP contribution in [-0.2, 0) is 14.8 Å². The Balaban J connectivity index is 2.26. The molecule has 0 aliphatic rings. The zero-order chi connectivity index (χ0) is 19.2. The van der Waals surface area contributed by atoms with Crippen LogP contribution >= 0.6 is 0 Å². The van der Waals surface area contributed by atoms with Crippen molar-refractivity contribution < 1.29 is 13.2 Å². The fraction of sp³-hybridized carbons (Fsp3) is 0.150. The molecule has 2 aromatic rings. The number of sulfonamides is 1. The summed E-state index contributed by atoms with van der Waals surface area (Å²) in [5, 5.41) is 2.66. The number of amides is 1. The van der Waals surface area contributed by atoms with Gasteiger partial charge in [0.05, 0.1) is 4.90 Å². The van der Waals surface area contributed by atoms with E-state index in [2.05, 4.69) is 10.0 Å². The average molecular weight is 370 g/mol. The minimum atomic E-state index is -3.77. The van der Waals surface area contributed by atoms with Gasteiger partial charge in [-0.15, -0.1) is 0 Å². The summed E-state index contributed by atoms with van der Waals surface area (Å²) >= 11 is 0. The zero-order valence-electron chi connectivity index (χ0n) is 15.0. The van der Waals surface area contributed by atoms with Crippen LogP contribution in [0.2, 0.25) is 0 Å². The number of benzene rings is 2. The van der Waals surface area contributed by atoms with Gasteiger partial charge < -0.3 is 5.32 Å². The summed E-state index contributed by atoms with van der Waals surface area (Å²) in [5.41, 5.74) is 2.45. The first-order chi connectivity index (χ1) is 12.3. The lowest BCUT2D eigenvalue weighted by atomic mass is 10.2. The molecule has 2 aromatic carbocycles. The molecular formula is C20H22N2O3S. The first-order valence-corrected chi connectivity index (χ1v) is 9.60. The number of anilines is 2. The van der Waals surface area contributed by atoms with E-state index in [4.69, 9.17) is 0 Å². The molecule has 2 rings (SSSR count). The molecule has 0 bridgehead atoms. The molecule has 6 heteroatoms. The largest absolute Gasteiger partial charge is 0.322 e. The summed E-state index contributed by atoms with van der Waals surface area (Å²) in [4.78, 5) is 12.0. The van der Waals surface area contributed by atoms with Crippen LogP contribution < -0.4 is 10.0 Å². The van der Waals surface area contributed by atoms with Gasteiger partial charge in [0, 0.05) is 17.5 Å². The highest BCUT2D eigenvalue weighted by molar-refractivity contribution is 7.92. The number of carbonyl (C=O) groups is 1. The summed E-state index contributed by atoms with van der Waals surface area (Å²) < 4.78 is 28.0. The Morgan fingerprint density at radius 1 is 1.00 bits per heavy atom. The maximum Gasteiger partial charge on any atom is 0.262 e. The van der Waals surface area contributed by atoms with Gasteiger partial charge in [-0.3, -0.25) is 9.52 Å². The number of allylic oxidation sites excluding steroid dienone is 3. The van der Waals surface area contributed by atoms with Gasteiger partial charge in [-0.25, -0.2) is 8.42 Å². The Labute approximate surface area is 154 Å². The number of rotatable bonds is 6. The molecule has 0 saturated heterocycles. The molecule has 0 atom stereocenters. The molecule has 0 heterocycles. The lowest BCUT2D eigenvalue weighted by Gasteiger charge is -2.12. The smallest absolute Gasteiger partial charge is 0.262 e. The van der Waals surface area contributed by atoms with Gasteiger partial charge in [-0.2, -0.15) is 0 Å². The first kappa shape index (κ1) is 19.5. The van der Waals surface area contributed by atoms with Gasteiger partial charge in [0.1, 0.15) is 0 Å². The lowest BCUT2D eigenvalue weighted by molar-refractivity contribution is -0.111. The fourth-order valence-corrected chi connectivity index (χ4v) is 3.65. The Morgan fingerprint density at radius 2 is 1.77 bits per heavy atom. The van der Waals surface area contributed by atoms with Gasteiger partial charge in [-0.1, -0.05) is 36.4 Å². The molecule has 5 nitrogen and oxygen atoms in total. The molecule has 0 aromatic heterocycles. The molecule has 136 valence electrons. The van der Waals surface area contributed by atoms with Crippen LogP contribution in [0, 0.1) is 13.8 Å². The summed E-state index contributed by atoms with van der Waals surface area (Å²) in [6.07, 6.45) is 6.52. The normalized spacial score (nSPS) is 11.8. The highest BCUT2D eigenvalue weighted by atomic mass is 32.2. The first-order valence-electron chi connectivity index (χ1n) is 8.12. The van der Waals surface area contributed by atoms with Crippen molar-refractivity contribution in [1.29, 1.82) is 0 Å². The molecule has 0 spiro atoms. The van der Waals surface area contributed by atoms with Crippen LogP contribution in [0.3, 0.4) is 0 Å². The number of nitrogens with one attached hydrogen (secondary N) is 2. The van der Waals surface area contributed by atoms with Gasteiger partial charge in [0.15, 0.2) is 0 Å². The molecule has 1 amide bonds. The fourth-order valence-electron chi connectivity index (χ4n) is 2.32. The van der Waals surface area contributed by atoms with E-state index in [9.17, 15) is 13.2 Å². The van der Waals surface area contributed by atoms with Crippen LogP contribution in [-0.4, -0.2) is 14.3 Å². The quantitative estimate of drug-likeness (QED) is 0.592. The minimum Gasteiger partial charge on any atom is -0.322 e. The summed E-state index contributed by atoms with van der Waals surface area (Å²) in [6, 6.07) is 11.9. The van der Waals surface area contributed by atoms with Crippen molar-refractivity contribution in [3.63, 3.8) is 0 Å². The second-order valence-corrected chi connectivity index (χ2v) is 7.48. The molecule has 0 unspecified atom stereocenters. The minimum absolute atomic E-state index is 0.120. The van der Waals surface area contributed by atoms with Crippen molar-refractivity contribution in [2.24, 2.45) is 0 Å². The highest BCUT2D eigenvalue weighted by Gasteiger charge is 2.18. The van der Waals surface area contributed by atoms with Crippen molar-refractivity contribution in [2.75, 3.05) is 10.0 Å². The highest BCUT2D eigenvalue weighted by Crippen LogP contribution is 2.23. The third-order valence-corrected chi connectivity index (χ3v) is 5.09. The molecule has 0 aliphatic carbocycles. The van der Waals surface area contributed by atoms with Gasteiger partial charge in [0.25, 0.3) is 10.0 Å². The number of hydrogen-bond donors (Lipinski definition) is 2. The molecule has 0 radical (unpaired) electrons. The zero-order valence-corrected chi connectivity index (χ0v) is 15.8. The Hall–Kier alpha value is -2.86. The number of hydrogen-bond acceptors (Lipinski definition) is 3. The van der Waals surface area contributed by atoms with E-state index in [1.165, 1.54) is 12.1 Å². The van der Waals surface area contributed by atoms with Crippen LogP contribution in [0.15, 0.2) is 71.7 Å². The number of aryl methyl sites for hydroxylation is 2. The Bertz CT molecular complexity index is 961. The molecule has 0 aliphatic heterocycles. The topological polar surface area (TPSA) is 75.3 Å². The van der Waals surface area contributed by atoms with Crippen LogP contribution in [0.1, 0.15) is 18.1 Å². The molecule has 26 heavy (non-hydrogen) atoms. The SMILES string of the molecule is CC=CC=CC(=O)Nc1ccc(C)c(S(=O)(=O)Nc2cccc(C)c2)c1. The Kier molecular flexibility index (Phi) is 6.36. The van der Waals surface area contributed by atoms with E-state index in [-0.39, 0.29) is 10.8 Å². The van der Waals surface area contributed by atoms with Crippen molar-refractivity contribution in [3.8, 4) is 0 Å². The van der Waals surface area contributed by atoms with E-state index in [1.54, 1.807) is 55.5 Å². The maximum absolute atomic E-state index is 12.7. The monoisotopic (exact) mass is 370 g/mol. The van der Waals surface area contributed by atoms with E-state index in [0.29, 0.717) is 16.9 Å². The molecule has 0 fully saturated rings. The van der Waals surface area contributed by atoms with Crippen LogP contribution in [0.4, 0.5) is 11.4 Å². The Morgan fingerprint density at radius 3 is 2.46 bits per heavy atom. The van der Waals surface area contributed by atoms with Gasteiger partial charge in [-0.05, 0) is 56.2 Å². The second-order valence-electron chi connectivity index (χ2n) is 5.83. The van der Waals surface area contributed by atoms with E-state index >= 15 is 0 Å². The predicted molar refractivity (Wildman–Crippen MR) is 106 cm³/mol. The van der Waals surface area contributed by atoms with E-state index < -0.39 is 10.0 Å². The lowest BCUT2D eigenvalue weighted by Crippen LogP contribution is -2.15. The van der Waals surface area contributed by atoms with Crippen molar-refractivity contribution in [3.05, 3.63) is 77.9 Å². The average Bonchev–Trinajstić information content (AvgIpc) is 2.56. The second kappa shape index (κ2) is 8.49. The maximum atomic E-state index is 12.7. The summed E-state index contributed by atoms with van der Waals surface area (Å²) in [7, 11) is -3.77. The summed E-state index contributed by atoms with van der Waals surface area (Å²) in [5.74, 6) is -0.332. The molecule has 2 N–H and O–H groups in total. The van der Waals surface area contributed by atoms with Gasteiger partial charge >= 0.3 is 0 Å². The summed E-state index contributed by atoms with van der Waals surface area (Å²) in [6.45, 7) is 5.45. The van der Waals surface area contributed by atoms with Crippen molar-refractivity contribution in [2.45, 2.75) is 25.7 Å². The van der Waals surface area contributed by atoms with E-state index in [0.717, 1.165) is 5.56 Å². The van der Waals surface area contributed by atoms with Crippen LogP contribution in [0.25, 0.3) is 0 Å². The third kappa shape index (κ3) is 5.32. The van der Waals surface area contributed by atoms with Crippen LogP contribution in [0.5, 0.6) is 0 Å². The van der Waals surface area contributed by atoms with Crippen molar-refractivity contribution >= 4 is 27.3 Å². The predicted octanol–water partition coefficient (Wildman–Crippen LogP) is 4.18. The number of carbonyl (C=O) groups excluding carboxylic acids is 1.